The molecule has 4 rings (SSSR count). The first kappa shape index (κ1) is 30.7. The van der Waals surface area contributed by atoms with Crippen LogP contribution in [0.15, 0.2) is 48.7 Å². The smallest absolute Gasteiger partial charge is 0.433 e. The maximum absolute atomic E-state index is 12.9. The van der Waals surface area contributed by atoms with E-state index in [1.165, 1.54) is 12.3 Å². The van der Waals surface area contributed by atoms with E-state index in [1.807, 2.05) is 38.4 Å². The van der Waals surface area contributed by atoms with Crippen molar-refractivity contribution in [2.24, 2.45) is 11.7 Å². The number of hydrogen-bond acceptors (Lipinski definition) is 5. The number of rotatable bonds is 11. The third-order valence-electron chi connectivity index (χ3n) is 8.36. The van der Waals surface area contributed by atoms with Gasteiger partial charge < -0.3 is 20.1 Å². The van der Waals surface area contributed by atoms with Crippen LogP contribution < -0.4 is 10.5 Å². The quantitative estimate of drug-likeness (QED) is 0.312. The van der Waals surface area contributed by atoms with E-state index < -0.39 is 29.4 Å². The number of halogens is 3. The highest BCUT2D eigenvalue weighted by molar-refractivity contribution is 5.87. The number of quaternary nitrogens is 1. The Balaban J connectivity index is 1.44. The maximum Gasteiger partial charge on any atom is 0.433 e. The number of unbranched alkanes of at least 4 members (excludes halogenated alkanes) is 1. The fourth-order valence-electron chi connectivity index (χ4n) is 6.07. The summed E-state index contributed by atoms with van der Waals surface area (Å²) >= 11 is 0. The molecule has 2 heterocycles. The minimum absolute atomic E-state index is 0.125. The second-order valence-corrected chi connectivity index (χ2v) is 11.8. The average Bonchev–Trinajstić information content (AvgIpc) is 2.91. The summed E-state index contributed by atoms with van der Waals surface area (Å²) in [4.78, 5) is 20.9. The lowest BCUT2D eigenvalue weighted by Crippen LogP contribution is -2.68. The molecule has 222 valence electrons. The van der Waals surface area contributed by atoms with Crippen LogP contribution in [-0.4, -0.2) is 64.4 Å². The molecule has 1 aliphatic carbocycles. The molecule has 1 aromatic carbocycles. The zero-order valence-corrected chi connectivity index (χ0v) is 24.0. The minimum Gasteiger partial charge on any atom is -0.471 e. The van der Waals surface area contributed by atoms with E-state index in [9.17, 15) is 23.1 Å². The normalized spacial score (nSPS) is 21.6. The summed E-state index contributed by atoms with van der Waals surface area (Å²) in [6.07, 6.45) is 1.44. The van der Waals surface area contributed by atoms with Gasteiger partial charge in [-0.15, -0.1) is 0 Å². The number of carbonyl (C=O) groups excluding carboxylic acids is 1. The Morgan fingerprint density at radius 2 is 1.95 bits per heavy atom. The van der Waals surface area contributed by atoms with Gasteiger partial charge in [0.1, 0.15) is 24.9 Å². The van der Waals surface area contributed by atoms with E-state index in [0.29, 0.717) is 48.3 Å². The lowest BCUT2D eigenvalue weighted by atomic mass is 9.71. The van der Waals surface area contributed by atoms with E-state index in [1.54, 1.807) is 0 Å². The van der Waals surface area contributed by atoms with Crippen molar-refractivity contribution in [3.05, 3.63) is 65.6 Å². The summed E-state index contributed by atoms with van der Waals surface area (Å²) in [7, 11) is 3.90. The lowest BCUT2D eigenvalue weighted by molar-refractivity contribution is -0.922. The molecule has 41 heavy (non-hydrogen) atoms. The Bertz CT molecular complexity index is 1350. The number of ether oxygens (including phenoxy) is 1. The van der Waals surface area contributed by atoms with Crippen molar-refractivity contribution in [1.29, 1.82) is 0 Å². The zero-order valence-electron chi connectivity index (χ0n) is 24.0. The van der Waals surface area contributed by atoms with Crippen molar-refractivity contribution in [2.75, 3.05) is 27.2 Å². The Morgan fingerprint density at radius 1 is 1.20 bits per heavy atom. The van der Waals surface area contributed by atoms with Crippen molar-refractivity contribution in [2.45, 2.75) is 69.7 Å². The predicted octanol–water partition coefficient (Wildman–Crippen LogP) is 5.07. The van der Waals surface area contributed by atoms with Crippen molar-refractivity contribution >= 4 is 16.7 Å². The first-order valence-electron chi connectivity index (χ1n) is 14.2. The number of hydrogen-bond donors (Lipinski definition) is 2. The molecule has 3 aromatic rings. The monoisotopic (exact) mass is 573 g/mol. The molecular weight excluding hydrogens is 533 g/mol. The van der Waals surface area contributed by atoms with Crippen molar-refractivity contribution < 1.29 is 32.3 Å². The minimum atomic E-state index is -4.50. The first-order valence-corrected chi connectivity index (χ1v) is 14.2. The molecule has 0 radical (unpaired) electrons. The van der Waals surface area contributed by atoms with E-state index in [2.05, 4.69) is 18.0 Å². The van der Waals surface area contributed by atoms with Crippen LogP contribution in [0.5, 0.6) is 5.88 Å². The van der Waals surface area contributed by atoms with Gasteiger partial charge >= 0.3 is 6.18 Å². The summed E-state index contributed by atoms with van der Waals surface area (Å²) in [5.41, 5.74) is 4.66. The Hall–Kier alpha value is -3.24. The third-order valence-corrected chi connectivity index (χ3v) is 8.36. The van der Waals surface area contributed by atoms with Crippen LogP contribution in [0.1, 0.15) is 56.0 Å². The van der Waals surface area contributed by atoms with Gasteiger partial charge in [0.2, 0.25) is 5.88 Å². The number of aromatic nitrogens is 2. The largest absolute Gasteiger partial charge is 0.471 e. The zero-order chi connectivity index (χ0) is 29.8. The number of nitrogens with zero attached hydrogens (tertiary/aromatic N) is 3. The fraction of sp³-hybridized carbons (Fsp3) is 0.516. The van der Waals surface area contributed by atoms with Gasteiger partial charge in [0.05, 0.1) is 14.1 Å². The molecule has 0 saturated heterocycles. The number of alkyl halides is 3. The van der Waals surface area contributed by atoms with Crippen molar-refractivity contribution in [1.82, 2.24) is 9.97 Å². The highest BCUT2D eigenvalue weighted by Gasteiger charge is 2.54. The van der Waals surface area contributed by atoms with E-state index >= 15 is 0 Å². The molecule has 7 nitrogen and oxygen atoms in total. The van der Waals surface area contributed by atoms with Crippen molar-refractivity contribution in [3.63, 3.8) is 0 Å². The molecule has 0 aliphatic heterocycles. The third kappa shape index (κ3) is 7.16. The summed E-state index contributed by atoms with van der Waals surface area (Å²) in [6.45, 7) is 2.97. The molecular formula is C31H40F3N4O3+. The van der Waals surface area contributed by atoms with Gasteiger partial charge in [-0.2, -0.15) is 13.2 Å². The lowest BCUT2D eigenvalue weighted by Gasteiger charge is -2.49. The SMILES string of the molecule is CCCCc1cc2ccccc2c(OCC[N+](C)(C)[C@H]2CCC(Cc3ccc(C(F)(F)F)nc3)C[C@@]2(O)C(N)=O)n1. The molecule has 1 aliphatic rings. The number of pyridine rings is 2. The highest BCUT2D eigenvalue weighted by atomic mass is 19.4. The molecule has 1 saturated carbocycles. The Kier molecular flexibility index (Phi) is 9.23. The van der Waals surface area contributed by atoms with Gasteiger partial charge in [-0.3, -0.25) is 9.78 Å². The van der Waals surface area contributed by atoms with Crippen LogP contribution >= 0.6 is 0 Å². The Morgan fingerprint density at radius 3 is 2.61 bits per heavy atom. The van der Waals surface area contributed by atoms with Gasteiger partial charge in [-0.25, -0.2) is 4.98 Å². The molecule has 1 fully saturated rings. The van der Waals surface area contributed by atoms with E-state index in [-0.39, 0.29) is 12.3 Å². The molecule has 1 unspecified atom stereocenters. The van der Waals surface area contributed by atoms with E-state index in [0.717, 1.165) is 41.8 Å². The number of carbonyl (C=O) groups is 1. The molecule has 3 atom stereocenters. The maximum atomic E-state index is 12.9. The molecule has 10 heteroatoms. The average molecular weight is 574 g/mol. The first-order chi connectivity index (χ1) is 19.3. The molecule has 0 spiro atoms. The number of aliphatic hydroxyl groups is 1. The number of primary amides is 1. The summed E-state index contributed by atoms with van der Waals surface area (Å²) < 4.78 is 45.2. The van der Waals surface area contributed by atoms with Crippen molar-refractivity contribution in [3.8, 4) is 5.88 Å². The number of fused-ring (bicyclic) bond motifs is 1. The van der Waals surface area contributed by atoms with Gasteiger partial charge in [0.15, 0.2) is 5.60 Å². The second kappa shape index (κ2) is 12.3. The number of benzene rings is 1. The molecule has 1 amide bonds. The van der Waals surface area contributed by atoms with Crippen LogP contribution in [0.25, 0.3) is 10.8 Å². The molecule has 2 aromatic heterocycles. The Labute approximate surface area is 239 Å². The van der Waals surface area contributed by atoms with E-state index in [4.69, 9.17) is 15.5 Å². The van der Waals surface area contributed by atoms with Gasteiger partial charge in [-0.1, -0.05) is 37.6 Å². The van der Waals surface area contributed by atoms with Gasteiger partial charge in [0, 0.05) is 23.7 Å². The molecule has 0 bridgehead atoms. The number of likely N-dealkylation sites (N-methyl/N-ethyl adjacent to an activating group) is 1. The highest BCUT2D eigenvalue weighted by Crippen LogP contribution is 2.39. The van der Waals surface area contributed by atoms with Crippen LogP contribution in [0.4, 0.5) is 13.2 Å². The molecule has 3 N–H and O–H groups in total. The number of aryl methyl sites for hydroxylation is 1. The second-order valence-electron chi connectivity index (χ2n) is 11.8. The van der Waals surface area contributed by atoms with Crippen LogP contribution in [0, 0.1) is 5.92 Å². The van der Waals surface area contributed by atoms with Crippen LogP contribution in [0.3, 0.4) is 0 Å². The fourth-order valence-corrected chi connectivity index (χ4v) is 6.07. The summed E-state index contributed by atoms with van der Waals surface area (Å²) in [5.74, 6) is -0.339. The number of amides is 1. The summed E-state index contributed by atoms with van der Waals surface area (Å²) in [5, 5.41) is 13.6. The standard InChI is InChI=1S/C31H39F3N4O3/c1-4-5-9-24-18-23-8-6-7-10-25(23)28(37-24)41-16-15-38(2,3)27-14-12-21(19-30(27,40)29(35)39)17-22-11-13-26(36-20-22)31(32,33)34/h6-8,10-11,13,18,20-21,27,40H,4-5,9,12,14-17,19H2,1-3H3,(H-,35,39)/p+1/t21?,27-,30-/m0/s1. The number of nitrogens with two attached hydrogens (primary N) is 1. The van der Waals surface area contributed by atoms with Gasteiger partial charge in [-0.05, 0) is 67.2 Å². The topological polar surface area (TPSA) is 98.3 Å². The van der Waals surface area contributed by atoms with Crippen LogP contribution in [0.2, 0.25) is 0 Å². The van der Waals surface area contributed by atoms with Crippen LogP contribution in [-0.2, 0) is 23.8 Å². The predicted molar refractivity (Wildman–Crippen MR) is 151 cm³/mol. The van der Waals surface area contributed by atoms with Gasteiger partial charge in [0.25, 0.3) is 5.91 Å². The summed E-state index contributed by atoms with van der Waals surface area (Å²) in [6, 6.07) is 12.0.